The Bertz CT molecular complexity index is 827. The molecule has 2 aromatic rings. The highest BCUT2D eigenvalue weighted by atomic mass is 19.3. The third kappa shape index (κ3) is 4.72. The van der Waals surface area contributed by atoms with Crippen molar-refractivity contribution in [3.8, 4) is 5.75 Å². The van der Waals surface area contributed by atoms with Crippen LogP contribution in [-0.2, 0) is 0 Å². The number of carbonyl (C=O) groups excluding carboxylic acids is 1. The standard InChI is InChI=1S/C19H21F3N4O2/c1-2-25-8-10-26(11-9-25)15-6-5-13(12-14(15)20)18(27)24-17-16(28-19(21)22)4-3-7-23-17/h3-7,12,19H,2,8-11H2,1H3,(H,23,24,27). The van der Waals surface area contributed by atoms with Gasteiger partial charge in [-0.2, -0.15) is 8.78 Å². The van der Waals surface area contributed by atoms with Crippen molar-refractivity contribution in [3.63, 3.8) is 0 Å². The van der Waals surface area contributed by atoms with Gasteiger partial charge >= 0.3 is 6.61 Å². The molecule has 1 aromatic carbocycles. The maximum Gasteiger partial charge on any atom is 0.387 e. The molecule has 1 aliphatic heterocycles. The zero-order valence-corrected chi connectivity index (χ0v) is 15.4. The third-order valence-electron chi connectivity index (χ3n) is 4.59. The highest BCUT2D eigenvalue weighted by Crippen LogP contribution is 2.25. The van der Waals surface area contributed by atoms with Crippen LogP contribution in [-0.4, -0.2) is 55.1 Å². The van der Waals surface area contributed by atoms with E-state index in [0.717, 1.165) is 25.7 Å². The minimum Gasteiger partial charge on any atom is -0.431 e. The second kappa shape index (κ2) is 8.92. The number of rotatable bonds is 6. The molecule has 1 amide bonds. The first-order valence-electron chi connectivity index (χ1n) is 8.96. The SMILES string of the molecule is CCN1CCN(c2ccc(C(=O)Nc3ncccc3OC(F)F)cc2F)CC1. The zero-order chi connectivity index (χ0) is 20.1. The summed E-state index contributed by atoms with van der Waals surface area (Å²) >= 11 is 0. The highest BCUT2D eigenvalue weighted by molar-refractivity contribution is 6.04. The molecule has 0 radical (unpaired) electrons. The second-order valence-corrected chi connectivity index (χ2v) is 6.27. The summed E-state index contributed by atoms with van der Waals surface area (Å²) in [4.78, 5) is 20.4. The highest BCUT2D eigenvalue weighted by Gasteiger charge is 2.20. The largest absolute Gasteiger partial charge is 0.431 e. The van der Waals surface area contributed by atoms with Crippen LogP contribution in [0.15, 0.2) is 36.5 Å². The predicted molar refractivity (Wildman–Crippen MR) is 99.5 cm³/mol. The van der Waals surface area contributed by atoms with Crippen molar-refractivity contribution in [2.75, 3.05) is 42.9 Å². The van der Waals surface area contributed by atoms with Gasteiger partial charge in [-0.25, -0.2) is 9.37 Å². The molecule has 150 valence electrons. The van der Waals surface area contributed by atoms with Crippen LogP contribution in [0, 0.1) is 5.82 Å². The molecule has 3 rings (SSSR count). The van der Waals surface area contributed by atoms with Gasteiger partial charge in [0.25, 0.3) is 5.91 Å². The Kier molecular flexibility index (Phi) is 6.35. The van der Waals surface area contributed by atoms with Crippen molar-refractivity contribution in [1.82, 2.24) is 9.88 Å². The number of alkyl halides is 2. The van der Waals surface area contributed by atoms with E-state index in [2.05, 4.69) is 26.9 Å². The molecule has 28 heavy (non-hydrogen) atoms. The first kappa shape index (κ1) is 19.9. The molecule has 0 spiro atoms. The Hall–Kier alpha value is -2.81. The van der Waals surface area contributed by atoms with Crippen LogP contribution in [0.1, 0.15) is 17.3 Å². The molecule has 1 fully saturated rings. The molecule has 0 aliphatic carbocycles. The fourth-order valence-electron chi connectivity index (χ4n) is 3.06. The van der Waals surface area contributed by atoms with Crippen molar-refractivity contribution in [2.45, 2.75) is 13.5 Å². The normalized spacial score (nSPS) is 15.0. The molecule has 0 unspecified atom stereocenters. The Morgan fingerprint density at radius 1 is 1.25 bits per heavy atom. The van der Waals surface area contributed by atoms with E-state index >= 15 is 0 Å². The lowest BCUT2D eigenvalue weighted by atomic mass is 10.1. The molecule has 0 atom stereocenters. The van der Waals surface area contributed by atoms with Crippen molar-refractivity contribution >= 4 is 17.4 Å². The lowest BCUT2D eigenvalue weighted by Gasteiger charge is -2.35. The number of carbonyl (C=O) groups is 1. The van der Waals surface area contributed by atoms with Gasteiger partial charge in [0.05, 0.1) is 5.69 Å². The summed E-state index contributed by atoms with van der Waals surface area (Å²) in [5, 5.41) is 2.38. The van der Waals surface area contributed by atoms with Crippen molar-refractivity contribution in [1.29, 1.82) is 0 Å². The van der Waals surface area contributed by atoms with Crippen LogP contribution < -0.4 is 15.0 Å². The minimum atomic E-state index is -3.05. The van der Waals surface area contributed by atoms with E-state index in [-0.39, 0.29) is 17.1 Å². The number of aromatic nitrogens is 1. The van der Waals surface area contributed by atoms with Crippen LogP contribution in [0.5, 0.6) is 5.75 Å². The molecular formula is C19H21F3N4O2. The van der Waals surface area contributed by atoms with Crippen molar-refractivity contribution in [2.24, 2.45) is 0 Å². The Morgan fingerprint density at radius 2 is 2.00 bits per heavy atom. The van der Waals surface area contributed by atoms with Gasteiger partial charge in [-0.15, -0.1) is 0 Å². The van der Waals surface area contributed by atoms with E-state index in [4.69, 9.17) is 0 Å². The summed E-state index contributed by atoms with van der Waals surface area (Å²) in [5.74, 6) is -1.61. The molecule has 0 saturated carbocycles. The number of likely N-dealkylation sites (N-methyl/N-ethyl adjacent to an activating group) is 1. The Morgan fingerprint density at radius 3 is 2.64 bits per heavy atom. The van der Waals surface area contributed by atoms with E-state index < -0.39 is 18.3 Å². The maximum atomic E-state index is 14.6. The molecule has 0 bridgehead atoms. The first-order chi connectivity index (χ1) is 13.5. The van der Waals surface area contributed by atoms with Crippen LogP contribution in [0.2, 0.25) is 0 Å². The summed E-state index contributed by atoms with van der Waals surface area (Å²) in [6.45, 7) is 3.11. The fraction of sp³-hybridized carbons (Fsp3) is 0.368. The number of hydrogen-bond acceptors (Lipinski definition) is 5. The first-order valence-corrected chi connectivity index (χ1v) is 8.96. The van der Waals surface area contributed by atoms with Gasteiger partial charge in [-0.05, 0) is 36.9 Å². The van der Waals surface area contributed by atoms with E-state index in [1.165, 1.54) is 24.4 Å². The quantitative estimate of drug-likeness (QED) is 0.815. The maximum absolute atomic E-state index is 14.6. The number of nitrogens with zero attached hydrogens (tertiary/aromatic N) is 3. The smallest absolute Gasteiger partial charge is 0.387 e. The summed E-state index contributed by atoms with van der Waals surface area (Å²) in [6.07, 6.45) is 1.33. The van der Waals surface area contributed by atoms with E-state index in [1.807, 2.05) is 4.90 Å². The summed E-state index contributed by atoms with van der Waals surface area (Å²) in [5.41, 5.74) is 0.494. The molecule has 9 heteroatoms. The van der Waals surface area contributed by atoms with E-state index in [9.17, 15) is 18.0 Å². The van der Waals surface area contributed by atoms with Crippen molar-refractivity contribution < 1.29 is 22.7 Å². The molecule has 2 heterocycles. The molecule has 1 N–H and O–H groups in total. The van der Waals surface area contributed by atoms with Gasteiger partial charge in [0.2, 0.25) is 0 Å². The molecule has 1 aromatic heterocycles. The molecular weight excluding hydrogens is 373 g/mol. The lowest BCUT2D eigenvalue weighted by Crippen LogP contribution is -2.46. The van der Waals surface area contributed by atoms with E-state index in [0.29, 0.717) is 18.8 Å². The van der Waals surface area contributed by atoms with Gasteiger partial charge in [-0.3, -0.25) is 4.79 Å². The lowest BCUT2D eigenvalue weighted by molar-refractivity contribution is -0.0495. The topological polar surface area (TPSA) is 57.7 Å². The van der Waals surface area contributed by atoms with Gasteiger partial charge in [0.15, 0.2) is 11.6 Å². The Balaban J connectivity index is 1.71. The molecule has 6 nitrogen and oxygen atoms in total. The van der Waals surface area contributed by atoms with Gasteiger partial charge in [0.1, 0.15) is 5.82 Å². The number of amides is 1. The van der Waals surface area contributed by atoms with Gasteiger partial charge in [-0.1, -0.05) is 6.92 Å². The molecule has 1 aliphatic rings. The summed E-state index contributed by atoms with van der Waals surface area (Å²) < 4.78 is 43.8. The van der Waals surface area contributed by atoms with Gasteiger partial charge in [0, 0.05) is 37.9 Å². The van der Waals surface area contributed by atoms with Gasteiger partial charge < -0.3 is 19.9 Å². The number of halogens is 3. The summed E-state index contributed by atoms with van der Waals surface area (Å²) in [7, 11) is 0. The number of nitrogens with one attached hydrogen (secondary N) is 1. The number of pyridine rings is 1. The average Bonchev–Trinajstić information content (AvgIpc) is 2.69. The predicted octanol–water partition coefficient (Wildman–Crippen LogP) is 3.22. The molecule has 1 saturated heterocycles. The third-order valence-corrected chi connectivity index (χ3v) is 4.59. The minimum absolute atomic E-state index is 0.0575. The number of anilines is 2. The monoisotopic (exact) mass is 394 g/mol. The van der Waals surface area contributed by atoms with Crippen LogP contribution in [0.4, 0.5) is 24.7 Å². The average molecular weight is 394 g/mol. The number of benzene rings is 1. The van der Waals surface area contributed by atoms with Crippen LogP contribution in [0.25, 0.3) is 0 Å². The number of hydrogen-bond donors (Lipinski definition) is 1. The zero-order valence-electron chi connectivity index (χ0n) is 15.4. The van der Waals surface area contributed by atoms with Crippen molar-refractivity contribution in [3.05, 3.63) is 47.9 Å². The van der Waals surface area contributed by atoms with E-state index in [1.54, 1.807) is 6.07 Å². The van der Waals surface area contributed by atoms with Crippen LogP contribution >= 0.6 is 0 Å². The number of ether oxygens (including phenoxy) is 1. The number of piperazine rings is 1. The fourth-order valence-corrected chi connectivity index (χ4v) is 3.06. The summed E-state index contributed by atoms with van der Waals surface area (Å²) in [6, 6.07) is 6.85. The van der Waals surface area contributed by atoms with Crippen LogP contribution in [0.3, 0.4) is 0 Å². The second-order valence-electron chi connectivity index (χ2n) is 6.27. The Labute approximate surface area is 160 Å².